The third kappa shape index (κ3) is 6.42. The zero-order valence-electron chi connectivity index (χ0n) is 17.5. The Hall–Kier alpha value is -3.67. The Labute approximate surface area is 190 Å². The van der Waals surface area contributed by atoms with Gasteiger partial charge in [-0.3, -0.25) is 19.3 Å². The Morgan fingerprint density at radius 3 is 2.42 bits per heavy atom. The summed E-state index contributed by atoms with van der Waals surface area (Å²) in [5, 5.41) is 2.59. The highest BCUT2D eigenvalue weighted by molar-refractivity contribution is 7.22. The lowest BCUT2D eigenvalue weighted by atomic mass is 10.3. The predicted molar refractivity (Wildman–Crippen MR) is 116 cm³/mol. The number of carbonyl (C=O) groups is 3. The van der Waals surface area contributed by atoms with Crippen molar-refractivity contribution in [3.05, 3.63) is 48.5 Å². The van der Waals surface area contributed by atoms with Crippen molar-refractivity contribution in [2.24, 2.45) is 0 Å². The van der Waals surface area contributed by atoms with E-state index < -0.39 is 23.9 Å². The lowest BCUT2D eigenvalue weighted by molar-refractivity contribution is -0.274. The van der Waals surface area contributed by atoms with Crippen LogP contribution in [0.2, 0.25) is 0 Å². The van der Waals surface area contributed by atoms with Gasteiger partial charge in [0.1, 0.15) is 12.3 Å². The minimum atomic E-state index is -4.83. The quantitative estimate of drug-likeness (QED) is 0.559. The van der Waals surface area contributed by atoms with Gasteiger partial charge in [-0.05, 0) is 24.3 Å². The summed E-state index contributed by atoms with van der Waals surface area (Å²) in [6, 6.07) is 12.2. The number of aromatic nitrogens is 1. The second kappa shape index (κ2) is 9.86. The van der Waals surface area contributed by atoms with Crippen molar-refractivity contribution in [1.29, 1.82) is 0 Å². The van der Waals surface area contributed by atoms with Gasteiger partial charge in [-0.15, -0.1) is 13.2 Å². The molecule has 2 aromatic carbocycles. The van der Waals surface area contributed by atoms with Crippen molar-refractivity contribution in [1.82, 2.24) is 15.2 Å². The molecule has 8 nitrogen and oxygen atoms in total. The van der Waals surface area contributed by atoms with Gasteiger partial charge in [-0.1, -0.05) is 29.5 Å². The van der Waals surface area contributed by atoms with Crippen LogP contribution in [0, 0.1) is 0 Å². The molecule has 0 spiro atoms. The van der Waals surface area contributed by atoms with Crippen molar-refractivity contribution in [2.45, 2.75) is 13.3 Å². The van der Waals surface area contributed by atoms with E-state index in [9.17, 15) is 27.6 Å². The molecule has 3 rings (SSSR count). The van der Waals surface area contributed by atoms with Crippen LogP contribution < -0.4 is 15.0 Å². The number of hydrogen-bond acceptors (Lipinski definition) is 6. The summed E-state index contributed by atoms with van der Waals surface area (Å²) in [4.78, 5) is 43.2. The number of amides is 3. The monoisotopic (exact) mass is 480 g/mol. The molecule has 0 fully saturated rings. The van der Waals surface area contributed by atoms with Crippen LogP contribution in [0.1, 0.15) is 6.92 Å². The number of thiazole rings is 1. The number of hydrogen-bond donors (Lipinski definition) is 1. The summed E-state index contributed by atoms with van der Waals surface area (Å²) in [7, 11) is 1.42. The third-order valence-electron chi connectivity index (χ3n) is 4.32. The van der Waals surface area contributed by atoms with Gasteiger partial charge in [0, 0.05) is 20.0 Å². The van der Waals surface area contributed by atoms with Crippen molar-refractivity contribution in [2.75, 3.05) is 25.0 Å². The number of halogens is 3. The fraction of sp³-hybridized carbons (Fsp3) is 0.238. The van der Waals surface area contributed by atoms with Crippen LogP contribution in [0.4, 0.5) is 24.0 Å². The number of likely N-dealkylation sites (N-methyl/N-ethyl adjacent to an activating group) is 1. The molecule has 1 aromatic heterocycles. The molecule has 0 aliphatic carbocycles. The number of nitrogens with zero attached hydrogens (tertiary/aromatic N) is 3. The molecule has 174 valence electrons. The summed E-state index contributed by atoms with van der Waals surface area (Å²) < 4.78 is 42.0. The number of carbonyl (C=O) groups excluding carboxylic acids is 3. The average molecular weight is 480 g/mol. The summed E-state index contributed by atoms with van der Waals surface area (Å²) in [6.45, 7) is 0.701. The second-order valence-corrected chi connectivity index (χ2v) is 7.91. The van der Waals surface area contributed by atoms with E-state index in [1.807, 2.05) is 0 Å². The van der Waals surface area contributed by atoms with E-state index in [4.69, 9.17) is 0 Å². The van der Waals surface area contributed by atoms with Gasteiger partial charge in [0.2, 0.25) is 11.8 Å². The lowest BCUT2D eigenvalue weighted by Gasteiger charge is -2.23. The number of anilines is 2. The molecule has 12 heteroatoms. The number of benzene rings is 2. The Kier molecular flexibility index (Phi) is 7.16. The Bertz CT molecular complexity index is 1170. The number of alkyl halides is 3. The molecule has 0 saturated heterocycles. The molecule has 33 heavy (non-hydrogen) atoms. The van der Waals surface area contributed by atoms with Crippen LogP contribution in [-0.4, -0.2) is 54.1 Å². The highest BCUT2D eigenvalue weighted by atomic mass is 32.1. The smallest absolute Gasteiger partial charge is 0.406 e. The molecule has 0 bridgehead atoms. The van der Waals surface area contributed by atoms with Crippen LogP contribution >= 0.6 is 11.3 Å². The number of rotatable bonds is 7. The SMILES string of the molecule is CC(=O)NCC(=O)N(C)CC(=O)N(c1ccccc1)c1nc2ccc(OC(F)(F)F)cc2s1. The molecular formula is C21H19F3N4O4S. The average Bonchev–Trinajstić information content (AvgIpc) is 3.14. The van der Waals surface area contributed by atoms with Crippen LogP contribution in [-0.2, 0) is 14.4 Å². The van der Waals surface area contributed by atoms with Crippen molar-refractivity contribution in [3.8, 4) is 5.75 Å². The second-order valence-electron chi connectivity index (χ2n) is 6.90. The molecule has 0 radical (unpaired) electrons. The molecule has 0 aliphatic heterocycles. The molecule has 0 atom stereocenters. The van der Waals surface area contributed by atoms with Gasteiger partial charge in [0.15, 0.2) is 5.13 Å². The first-order valence-electron chi connectivity index (χ1n) is 9.56. The van der Waals surface area contributed by atoms with E-state index in [1.54, 1.807) is 30.3 Å². The van der Waals surface area contributed by atoms with Gasteiger partial charge in [-0.2, -0.15) is 0 Å². The number of nitrogens with one attached hydrogen (secondary N) is 1. The maximum atomic E-state index is 13.2. The number of fused-ring (bicyclic) bond motifs is 1. The Balaban J connectivity index is 1.90. The molecule has 1 heterocycles. The first kappa shape index (κ1) is 24.0. The first-order chi connectivity index (χ1) is 15.5. The van der Waals surface area contributed by atoms with E-state index >= 15 is 0 Å². The number of ether oxygens (including phenoxy) is 1. The topological polar surface area (TPSA) is 91.8 Å². The summed E-state index contributed by atoms with van der Waals surface area (Å²) in [5.41, 5.74) is 0.851. The van der Waals surface area contributed by atoms with E-state index in [-0.39, 0.29) is 24.1 Å². The summed E-state index contributed by atoms with van der Waals surface area (Å²) in [6.07, 6.45) is -4.83. The predicted octanol–water partition coefficient (Wildman–Crippen LogP) is 3.45. The van der Waals surface area contributed by atoms with Gasteiger partial charge in [-0.25, -0.2) is 4.98 Å². The number of para-hydroxylation sites is 1. The lowest BCUT2D eigenvalue weighted by Crippen LogP contribution is -2.43. The molecule has 0 unspecified atom stereocenters. The standard InChI is InChI=1S/C21H19F3N4O4S/c1-13(29)25-11-18(30)27(2)12-19(31)28(14-6-4-3-5-7-14)20-26-16-9-8-15(10-17(16)33-20)32-21(22,23)24/h3-10H,11-12H2,1-2H3,(H,25,29). The molecule has 1 N–H and O–H groups in total. The van der Waals surface area contributed by atoms with E-state index in [1.165, 1.54) is 31.0 Å². The Morgan fingerprint density at radius 2 is 1.79 bits per heavy atom. The largest absolute Gasteiger partial charge is 0.573 e. The van der Waals surface area contributed by atoms with Crippen molar-refractivity contribution < 1.29 is 32.3 Å². The van der Waals surface area contributed by atoms with Crippen molar-refractivity contribution in [3.63, 3.8) is 0 Å². The molecule has 3 aromatic rings. The van der Waals surface area contributed by atoms with Gasteiger partial charge in [0.25, 0.3) is 5.91 Å². The van der Waals surface area contributed by atoms with E-state index in [0.29, 0.717) is 15.9 Å². The maximum Gasteiger partial charge on any atom is 0.573 e. The van der Waals surface area contributed by atoms with Crippen LogP contribution in [0.15, 0.2) is 48.5 Å². The molecule has 0 saturated carbocycles. The minimum Gasteiger partial charge on any atom is -0.406 e. The molecule has 3 amide bonds. The van der Waals surface area contributed by atoms with Gasteiger partial charge >= 0.3 is 6.36 Å². The molecular weight excluding hydrogens is 461 g/mol. The third-order valence-corrected chi connectivity index (χ3v) is 5.33. The highest BCUT2D eigenvalue weighted by Crippen LogP contribution is 2.36. The van der Waals surface area contributed by atoms with Gasteiger partial charge in [0.05, 0.1) is 22.4 Å². The Morgan fingerprint density at radius 1 is 1.09 bits per heavy atom. The summed E-state index contributed by atoms with van der Waals surface area (Å²) in [5.74, 6) is -1.74. The van der Waals surface area contributed by atoms with Gasteiger partial charge < -0.3 is 15.0 Å². The van der Waals surface area contributed by atoms with E-state index in [2.05, 4.69) is 15.0 Å². The first-order valence-corrected chi connectivity index (χ1v) is 10.4. The molecule has 0 aliphatic rings. The zero-order chi connectivity index (χ0) is 24.2. The van der Waals surface area contributed by atoms with E-state index in [0.717, 1.165) is 22.3 Å². The van der Waals surface area contributed by atoms with Crippen LogP contribution in [0.25, 0.3) is 10.2 Å². The zero-order valence-corrected chi connectivity index (χ0v) is 18.4. The van der Waals surface area contributed by atoms with Crippen LogP contribution in [0.3, 0.4) is 0 Å². The van der Waals surface area contributed by atoms with Crippen molar-refractivity contribution >= 4 is 50.1 Å². The fourth-order valence-electron chi connectivity index (χ4n) is 2.82. The fourth-order valence-corrected chi connectivity index (χ4v) is 3.85. The summed E-state index contributed by atoms with van der Waals surface area (Å²) >= 11 is 1.00. The highest BCUT2D eigenvalue weighted by Gasteiger charge is 2.31. The minimum absolute atomic E-state index is 0.216. The van der Waals surface area contributed by atoms with Crippen LogP contribution in [0.5, 0.6) is 5.75 Å². The maximum absolute atomic E-state index is 13.2. The normalized spacial score (nSPS) is 11.2.